The second-order valence-corrected chi connectivity index (χ2v) is 14.7. The molecule has 0 bridgehead atoms. The average molecular weight is 747 g/mol. The molecular weight excluding hydrogens is 714 g/mol. The Morgan fingerprint density at radius 1 is 1.02 bits per heavy atom. The van der Waals surface area contributed by atoms with Crippen molar-refractivity contribution >= 4 is 63.5 Å². The first kappa shape index (κ1) is 30.7. The van der Waals surface area contributed by atoms with Gasteiger partial charge < -0.3 is 9.84 Å². The number of fused-ring (bicyclic) bond motifs is 4. The van der Waals surface area contributed by atoms with Gasteiger partial charge in [0.25, 0.3) is 0 Å². The van der Waals surface area contributed by atoms with E-state index in [1.807, 2.05) is 28.7 Å². The molecule has 2 saturated heterocycles. The molecule has 6 unspecified atom stereocenters. The molecule has 8 nitrogen and oxygen atoms in total. The van der Waals surface area contributed by atoms with Crippen molar-refractivity contribution in [1.29, 1.82) is 0 Å². The van der Waals surface area contributed by atoms with Gasteiger partial charge in [-0.15, -0.1) is 0 Å². The van der Waals surface area contributed by atoms with Crippen LogP contribution in [0.15, 0.2) is 42.0 Å². The highest BCUT2D eigenvalue weighted by atomic mass is 127. The molecule has 4 fully saturated rings. The van der Waals surface area contributed by atoms with Crippen molar-refractivity contribution in [3.63, 3.8) is 0 Å². The van der Waals surface area contributed by atoms with E-state index in [-0.39, 0.29) is 46.5 Å². The van der Waals surface area contributed by atoms with E-state index >= 15 is 0 Å². The number of carbonyl (C=O) groups is 4. The normalized spacial score (nSPS) is 31.6. The minimum absolute atomic E-state index is 0.0373. The van der Waals surface area contributed by atoms with Crippen LogP contribution in [-0.2, 0) is 19.2 Å². The predicted octanol–water partition coefficient (Wildman–Crippen LogP) is 6.36. The molecule has 3 aliphatic carbocycles. The number of nitrogens with zero attached hydrogens (tertiary/aromatic N) is 2. The number of amides is 4. The molecule has 0 spiro atoms. The number of halogens is 3. The summed E-state index contributed by atoms with van der Waals surface area (Å²) >= 11 is 8.09. The maximum Gasteiger partial charge on any atom is 0.241 e. The summed E-state index contributed by atoms with van der Waals surface area (Å²) < 4.78 is 20.1. The summed E-state index contributed by atoms with van der Waals surface area (Å²) in [6.45, 7) is 1.78. The van der Waals surface area contributed by atoms with Crippen molar-refractivity contribution in [2.45, 2.75) is 63.8 Å². The van der Waals surface area contributed by atoms with Crippen molar-refractivity contribution in [2.24, 2.45) is 29.1 Å². The zero-order valence-corrected chi connectivity index (χ0v) is 27.8. The molecule has 0 aromatic heterocycles. The van der Waals surface area contributed by atoms with Crippen LogP contribution in [0.25, 0.3) is 0 Å². The first-order valence-corrected chi connectivity index (χ1v) is 16.9. The van der Waals surface area contributed by atoms with Gasteiger partial charge in [-0.3, -0.25) is 24.1 Å². The standard InChI is InChI=1S/C34H33ClFIN2O6/c1-34-22(31(42)39(33(34)44)18-8-11-24(36)23(35)14-18)15-21-19(28(34)16-12-25(37)29(40)26(13-16)45-2)9-10-20-27(21)32(43)38(30(20)41)17-6-4-3-5-7-17/h8-9,11-14,17,20-22,27-28,40H,3-7,10,15H2,1-2H3. The number of aromatic hydroxyl groups is 1. The molecule has 2 aromatic rings. The number of hydrogen-bond acceptors (Lipinski definition) is 6. The molecule has 2 aliphatic heterocycles. The Bertz CT molecular complexity index is 1690. The number of anilines is 1. The molecule has 4 amide bonds. The first-order valence-electron chi connectivity index (χ1n) is 15.5. The smallest absolute Gasteiger partial charge is 0.241 e. The van der Waals surface area contributed by atoms with Gasteiger partial charge >= 0.3 is 0 Å². The van der Waals surface area contributed by atoms with Crippen LogP contribution in [-0.4, -0.2) is 46.8 Å². The molecule has 2 aromatic carbocycles. The van der Waals surface area contributed by atoms with Gasteiger partial charge in [0, 0.05) is 12.0 Å². The third kappa shape index (κ3) is 4.41. The van der Waals surface area contributed by atoms with Gasteiger partial charge in [0.2, 0.25) is 23.6 Å². The van der Waals surface area contributed by atoms with Gasteiger partial charge in [-0.2, -0.15) is 0 Å². The fraction of sp³-hybridized carbons (Fsp3) is 0.471. The summed E-state index contributed by atoms with van der Waals surface area (Å²) in [6, 6.07) is 7.13. The molecule has 6 atom stereocenters. The van der Waals surface area contributed by atoms with Gasteiger partial charge in [-0.1, -0.05) is 42.5 Å². The van der Waals surface area contributed by atoms with Crippen LogP contribution in [0.1, 0.15) is 63.4 Å². The quantitative estimate of drug-likeness (QED) is 0.222. The maximum atomic E-state index is 14.6. The van der Waals surface area contributed by atoms with Crippen molar-refractivity contribution in [3.05, 3.63) is 62.0 Å². The molecule has 2 saturated carbocycles. The summed E-state index contributed by atoms with van der Waals surface area (Å²) in [5.74, 6) is -4.74. The van der Waals surface area contributed by atoms with E-state index in [0.29, 0.717) is 15.6 Å². The van der Waals surface area contributed by atoms with Crippen molar-refractivity contribution < 1.29 is 33.4 Å². The first-order chi connectivity index (χ1) is 21.5. The third-order valence-corrected chi connectivity index (χ3v) is 12.1. The van der Waals surface area contributed by atoms with Gasteiger partial charge in [-0.05, 0) is 97.0 Å². The summed E-state index contributed by atoms with van der Waals surface area (Å²) in [5, 5.41) is 10.5. The second kappa shape index (κ2) is 11.1. The Balaban J connectivity index is 1.37. The zero-order chi connectivity index (χ0) is 31.9. The molecular formula is C34H33ClFIN2O6. The van der Waals surface area contributed by atoms with E-state index in [9.17, 15) is 28.7 Å². The fourth-order valence-electron chi connectivity index (χ4n) is 8.91. The van der Waals surface area contributed by atoms with E-state index in [1.165, 1.54) is 24.1 Å². The number of benzene rings is 2. The number of rotatable bonds is 4. The Morgan fingerprint density at radius 2 is 1.76 bits per heavy atom. The second-order valence-electron chi connectivity index (χ2n) is 13.2. The van der Waals surface area contributed by atoms with E-state index in [1.54, 1.807) is 19.1 Å². The van der Waals surface area contributed by atoms with Crippen LogP contribution in [0.2, 0.25) is 5.02 Å². The van der Waals surface area contributed by atoms with Gasteiger partial charge in [0.15, 0.2) is 11.5 Å². The SMILES string of the molecule is COc1cc(C2C3=CCC4C(=O)N(C5CCCCC5)C(=O)C4C3CC3C(=O)N(c4ccc(F)c(Cl)c4)C(=O)C32C)cc(I)c1O. The number of carbonyl (C=O) groups excluding carboxylic acids is 4. The highest BCUT2D eigenvalue weighted by Crippen LogP contribution is 2.64. The monoisotopic (exact) mass is 746 g/mol. The highest BCUT2D eigenvalue weighted by Gasteiger charge is 2.68. The summed E-state index contributed by atoms with van der Waals surface area (Å²) in [5.41, 5.74) is 0.406. The minimum Gasteiger partial charge on any atom is -0.504 e. The van der Waals surface area contributed by atoms with Crippen molar-refractivity contribution in [2.75, 3.05) is 12.0 Å². The van der Waals surface area contributed by atoms with Gasteiger partial charge in [0.1, 0.15) is 5.82 Å². The van der Waals surface area contributed by atoms with E-state index < -0.39 is 52.6 Å². The number of imide groups is 2. The topological polar surface area (TPSA) is 104 Å². The molecule has 0 radical (unpaired) electrons. The van der Waals surface area contributed by atoms with Crippen LogP contribution in [0, 0.1) is 38.5 Å². The van der Waals surface area contributed by atoms with E-state index in [0.717, 1.165) is 48.6 Å². The van der Waals surface area contributed by atoms with E-state index in [2.05, 4.69) is 0 Å². The average Bonchev–Trinajstić information content (AvgIpc) is 3.39. The predicted molar refractivity (Wildman–Crippen MR) is 172 cm³/mol. The lowest BCUT2D eigenvalue weighted by atomic mass is 9.51. The molecule has 45 heavy (non-hydrogen) atoms. The lowest BCUT2D eigenvalue weighted by Gasteiger charge is -2.49. The van der Waals surface area contributed by atoms with Crippen LogP contribution >= 0.6 is 34.2 Å². The Labute approximate surface area is 279 Å². The van der Waals surface area contributed by atoms with Crippen LogP contribution in [0.4, 0.5) is 10.1 Å². The Kier molecular flexibility index (Phi) is 7.54. The van der Waals surface area contributed by atoms with E-state index in [4.69, 9.17) is 16.3 Å². The number of methoxy groups -OCH3 is 1. The maximum absolute atomic E-state index is 14.6. The largest absolute Gasteiger partial charge is 0.504 e. The third-order valence-electron chi connectivity index (χ3n) is 11.0. The number of allylic oxidation sites excluding steroid dienone is 2. The Morgan fingerprint density at radius 3 is 2.44 bits per heavy atom. The lowest BCUT2D eigenvalue weighted by Crippen LogP contribution is -2.49. The molecule has 1 N–H and O–H groups in total. The molecule has 7 rings (SSSR count). The summed E-state index contributed by atoms with van der Waals surface area (Å²) in [7, 11) is 1.44. The number of likely N-dealkylation sites (tertiary alicyclic amines) is 1. The molecule has 2 heterocycles. The van der Waals surface area contributed by atoms with Crippen LogP contribution in [0.5, 0.6) is 11.5 Å². The lowest BCUT2D eigenvalue weighted by molar-refractivity contribution is -0.144. The minimum atomic E-state index is -1.28. The van der Waals surface area contributed by atoms with Gasteiger partial charge in [-0.25, -0.2) is 9.29 Å². The van der Waals surface area contributed by atoms with Crippen molar-refractivity contribution in [3.8, 4) is 11.5 Å². The highest BCUT2D eigenvalue weighted by molar-refractivity contribution is 14.1. The zero-order valence-electron chi connectivity index (χ0n) is 24.9. The number of hydrogen-bond donors (Lipinski definition) is 1. The number of phenols is 1. The molecule has 11 heteroatoms. The Hall–Kier alpha value is -2.99. The van der Waals surface area contributed by atoms with Crippen molar-refractivity contribution in [1.82, 2.24) is 4.90 Å². The summed E-state index contributed by atoms with van der Waals surface area (Å²) in [4.78, 5) is 59.5. The van der Waals surface area contributed by atoms with Crippen LogP contribution in [0.3, 0.4) is 0 Å². The number of phenolic OH excluding ortho intramolecular Hbond substituents is 1. The number of ether oxygens (including phenoxy) is 1. The summed E-state index contributed by atoms with van der Waals surface area (Å²) in [6.07, 6.45) is 7.26. The van der Waals surface area contributed by atoms with Gasteiger partial charge in [0.05, 0.1) is 44.6 Å². The van der Waals surface area contributed by atoms with Crippen LogP contribution < -0.4 is 9.64 Å². The molecule has 5 aliphatic rings. The molecule has 236 valence electrons. The fourth-order valence-corrected chi connectivity index (χ4v) is 9.71.